The van der Waals surface area contributed by atoms with Gasteiger partial charge in [-0.25, -0.2) is 8.42 Å². The lowest BCUT2D eigenvalue weighted by atomic mass is 10.2. The van der Waals surface area contributed by atoms with Crippen molar-refractivity contribution in [2.75, 3.05) is 18.9 Å². The molecule has 0 saturated carbocycles. The lowest BCUT2D eigenvalue weighted by Gasteiger charge is -2.12. The van der Waals surface area contributed by atoms with E-state index in [-0.39, 0.29) is 22.0 Å². The summed E-state index contributed by atoms with van der Waals surface area (Å²) in [5.41, 5.74) is -0.289. The van der Waals surface area contributed by atoms with Crippen LogP contribution in [0.1, 0.15) is 0 Å². The molecule has 0 heterocycles. The molecule has 0 aliphatic rings. The zero-order chi connectivity index (χ0) is 17.9. The molecular weight excluding hydrogens is 404 g/mol. The molecule has 0 atom stereocenters. The number of sulfonamides is 1. The first kappa shape index (κ1) is 18.0. The van der Waals surface area contributed by atoms with Crippen molar-refractivity contribution in [2.45, 2.75) is 4.90 Å². The highest BCUT2D eigenvalue weighted by Crippen LogP contribution is 2.32. The van der Waals surface area contributed by atoms with E-state index in [4.69, 9.17) is 9.47 Å². The summed E-state index contributed by atoms with van der Waals surface area (Å²) in [4.78, 5) is 10.2. The van der Waals surface area contributed by atoms with Crippen molar-refractivity contribution < 1.29 is 22.8 Å². The summed E-state index contributed by atoms with van der Waals surface area (Å²) in [6, 6.07) is 7.85. The third-order valence-corrected chi connectivity index (χ3v) is 5.05. The Hall–Kier alpha value is -2.33. The van der Waals surface area contributed by atoms with Crippen LogP contribution in [-0.2, 0) is 10.0 Å². The fourth-order valence-electron chi connectivity index (χ4n) is 1.91. The highest BCUT2D eigenvalue weighted by Gasteiger charge is 2.20. The maximum absolute atomic E-state index is 12.5. The Kier molecular flexibility index (Phi) is 5.30. The van der Waals surface area contributed by atoms with Crippen molar-refractivity contribution in [3.63, 3.8) is 0 Å². The van der Waals surface area contributed by atoms with Gasteiger partial charge in [-0.3, -0.25) is 14.8 Å². The molecule has 10 heteroatoms. The maximum Gasteiger partial charge on any atom is 0.271 e. The summed E-state index contributed by atoms with van der Waals surface area (Å²) >= 11 is 3.21. The second kappa shape index (κ2) is 7.05. The number of halogens is 1. The Bertz CT molecular complexity index is 885. The van der Waals surface area contributed by atoms with E-state index in [1.54, 1.807) is 0 Å². The Morgan fingerprint density at radius 1 is 1.08 bits per heavy atom. The minimum Gasteiger partial charge on any atom is -0.496 e. The SMILES string of the molecule is COc1ccc(S(=O)(=O)Nc2cc([N+](=O)[O-])ccc2OC)cc1Br. The highest BCUT2D eigenvalue weighted by atomic mass is 79.9. The Morgan fingerprint density at radius 3 is 2.25 bits per heavy atom. The predicted octanol–water partition coefficient (Wildman–Crippen LogP) is 3.18. The Morgan fingerprint density at radius 2 is 1.71 bits per heavy atom. The van der Waals surface area contributed by atoms with E-state index in [0.717, 1.165) is 6.07 Å². The number of hydrogen-bond donors (Lipinski definition) is 1. The lowest BCUT2D eigenvalue weighted by molar-refractivity contribution is -0.384. The molecular formula is C14H13BrN2O6S. The number of methoxy groups -OCH3 is 2. The number of rotatable bonds is 6. The van der Waals surface area contributed by atoms with Crippen LogP contribution >= 0.6 is 15.9 Å². The number of nitro groups is 1. The minimum atomic E-state index is -3.97. The second-order valence-corrected chi connectivity index (χ2v) is 7.08. The molecule has 2 aromatic carbocycles. The third kappa shape index (κ3) is 3.77. The first-order chi connectivity index (χ1) is 11.3. The number of benzene rings is 2. The fraction of sp³-hybridized carbons (Fsp3) is 0.143. The molecule has 0 radical (unpaired) electrons. The van der Waals surface area contributed by atoms with Gasteiger partial charge in [-0.05, 0) is 40.2 Å². The van der Waals surface area contributed by atoms with Gasteiger partial charge in [-0.2, -0.15) is 0 Å². The minimum absolute atomic E-state index is 0.0290. The summed E-state index contributed by atoms with van der Waals surface area (Å²) in [5.74, 6) is 0.638. The molecule has 0 aliphatic carbocycles. The molecule has 0 spiro atoms. The molecule has 0 unspecified atom stereocenters. The first-order valence-electron chi connectivity index (χ1n) is 6.47. The van der Waals surface area contributed by atoms with Crippen molar-refractivity contribution in [2.24, 2.45) is 0 Å². The normalized spacial score (nSPS) is 11.0. The van der Waals surface area contributed by atoms with Gasteiger partial charge in [-0.15, -0.1) is 0 Å². The van der Waals surface area contributed by atoms with Gasteiger partial charge >= 0.3 is 0 Å². The molecule has 2 aromatic rings. The number of non-ortho nitro benzene ring substituents is 1. The highest BCUT2D eigenvalue weighted by molar-refractivity contribution is 9.10. The van der Waals surface area contributed by atoms with Gasteiger partial charge in [-0.1, -0.05) is 0 Å². The van der Waals surface area contributed by atoms with Crippen LogP contribution in [0.5, 0.6) is 11.5 Å². The number of nitrogens with one attached hydrogen (secondary N) is 1. The van der Waals surface area contributed by atoms with Gasteiger partial charge in [0.1, 0.15) is 11.5 Å². The van der Waals surface area contributed by atoms with Gasteiger partial charge < -0.3 is 9.47 Å². The number of anilines is 1. The van der Waals surface area contributed by atoms with E-state index in [1.165, 1.54) is 44.6 Å². The third-order valence-electron chi connectivity index (χ3n) is 3.07. The maximum atomic E-state index is 12.5. The van der Waals surface area contributed by atoms with Crippen molar-refractivity contribution >= 4 is 37.3 Å². The number of nitrogens with zero attached hydrogens (tertiary/aromatic N) is 1. The molecule has 0 aliphatic heterocycles. The zero-order valence-corrected chi connectivity index (χ0v) is 15.0. The van der Waals surface area contributed by atoms with E-state index < -0.39 is 14.9 Å². The molecule has 1 N–H and O–H groups in total. The van der Waals surface area contributed by atoms with Crippen molar-refractivity contribution in [1.29, 1.82) is 0 Å². The van der Waals surface area contributed by atoms with Crippen LogP contribution in [0.2, 0.25) is 0 Å². The Labute approximate surface area is 146 Å². The number of hydrogen-bond acceptors (Lipinski definition) is 6. The van der Waals surface area contributed by atoms with E-state index in [9.17, 15) is 18.5 Å². The van der Waals surface area contributed by atoms with Crippen molar-refractivity contribution in [3.8, 4) is 11.5 Å². The molecule has 24 heavy (non-hydrogen) atoms. The smallest absolute Gasteiger partial charge is 0.271 e. The van der Waals surface area contributed by atoms with Crippen LogP contribution in [0.25, 0.3) is 0 Å². The molecule has 0 saturated heterocycles. The molecule has 0 amide bonds. The number of nitro benzene ring substituents is 1. The fourth-order valence-corrected chi connectivity index (χ4v) is 3.69. The molecule has 0 fully saturated rings. The summed E-state index contributed by atoms with van der Waals surface area (Å²) in [7, 11) is -1.18. The van der Waals surface area contributed by atoms with Gasteiger partial charge in [0.2, 0.25) is 0 Å². The van der Waals surface area contributed by atoms with E-state index in [1.807, 2.05) is 0 Å². The number of ether oxygens (including phenoxy) is 2. The van der Waals surface area contributed by atoms with Crippen LogP contribution in [0, 0.1) is 10.1 Å². The summed E-state index contributed by atoms with van der Waals surface area (Å²) < 4.78 is 37.9. The Balaban J connectivity index is 2.43. The van der Waals surface area contributed by atoms with Crippen LogP contribution < -0.4 is 14.2 Å². The van der Waals surface area contributed by atoms with Crippen LogP contribution in [0.3, 0.4) is 0 Å². The van der Waals surface area contributed by atoms with E-state index in [2.05, 4.69) is 20.7 Å². The van der Waals surface area contributed by atoms with Gasteiger partial charge in [0, 0.05) is 12.1 Å². The van der Waals surface area contributed by atoms with Crippen LogP contribution in [0.4, 0.5) is 11.4 Å². The van der Waals surface area contributed by atoms with Gasteiger partial charge in [0.05, 0.1) is 34.2 Å². The van der Waals surface area contributed by atoms with Crippen molar-refractivity contribution in [1.82, 2.24) is 0 Å². The second-order valence-electron chi connectivity index (χ2n) is 4.54. The lowest BCUT2D eigenvalue weighted by Crippen LogP contribution is -2.14. The van der Waals surface area contributed by atoms with E-state index >= 15 is 0 Å². The molecule has 0 bridgehead atoms. The predicted molar refractivity (Wildman–Crippen MR) is 91.2 cm³/mol. The molecule has 8 nitrogen and oxygen atoms in total. The molecule has 2 rings (SSSR count). The summed E-state index contributed by atoms with van der Waals surface area (Å²) in [6.45, 7) is 0. The van der Waals surface area contributed by atoms with Gasteiger partial charge in [0.25, 0.3) is 15.7 Å². The summed E-state index contributed by atoms with van der Waals surface area (Å²) in [5, 5.41) is 10.9. The molecule has 128 valence electrons. The van der Waals surface area contributed by atoms with Gasteiger partial charge in [0.15, 0.2) is 0 Å². The quantitative estimate of drug-likeness (QED) is 0.572. The monoisotopic (exact) mass is 416 g/mol. The van der Waals surface area contributed by atoms with E-state index in [0.29, 0.717) is 10.2 Å². The van der Waals surface area contributed by atoms with Crippen molar-refractivity contribution in [3.05, 3.63) is 51.0 Å². The standard InChI is InChI=1S/C14H13BrN2O6S/c1-22-13-6-4-10(8-11(13)15)24(20,21)16-12-7-9(17(18)19)3-5-14(12)23-2/h3-8,16H,1-2H3. The summed E-state index contributed by atoms with van der Waals surface area (Å²) in [6.07, 6.45) is 0. The van der Waals surface area contributed by atoms with Crippen LogP contribution in [-0.4, -0.2) is 27.6 Å². The largest absolute Gasteiger partial charge is 0.496 e. The van der Waals surface area contributed by atoms with Crippen LogP contribution in [0.15, 0.2) is 45.8 Å². The molecule has 0 aromatic heterocycles. The average Bonchev–Trinajstić information content (AvgIpc) is 2.54. The topological polar surface area (TPSA) is 108 Å². The average molecular weight is 417 g/mol. The zero-order valence-electron chi connectivity index (χ0n) is 12.6. The first-order valence-corrected chi connectivity index (χ1v) is 8.75.